The molecule has 0 aliphatic rings. The van der Waals surface area contributed by atoms with Crippen LogP contribution in [0.1, 0.15) is 39.0 Å². The van der Waals surface area contributed by atoms with E-state index in [-0.39, 0.29) is 6.61 Å². The molecule has 1 N–H and O–H groups in total. The third-order valence-electron chi connectivity index (χ3n) is 1.57. The van der Waals surface area contributed by atoms with Crippen LogP contribution in [-0.2, 0) is 0 Å². The van der Waals surface area contributed by atoms with Crippen LogP contribution < -0.4 is 0 Å². The Bertz CT molecular complexity index is 66.3. The van der Waals surface area contributed by atoms with Crippen molar-refractivity contribution in [2.24, 2.45) is 0 Å². The summed E-state index contributed by atoms with van der Waals surface area (Å²) in [6.07, 6.45) is 6.26. The van der Waals surface area contributed by atoms with E-state index in [1.54, 1.807) is 0 Å². The Morgan fingerprint density at radius 1 is 1.30 bits per heavy atom. The standard InChI is InChI=1S/C8H17BrO/c1-2-3-4-5-6-8(9)7-10/h8,10H,2-7H2,1H3. The van der Waals surface area contributed by atoms with Crippen LogP contribution in [0.5, 0.6) is 0 Å². The molecule has 1 unspecified atom stereocenters. The monoisotopic (exact) mass is 208 g/mol. The molecular weight excluding hydrogens is 192 g/mol. The molecule has 1 atom stereocenters. The second-order valence-electron chi connectivity index (χ2n) is 2.63. The van der Waals surface area contributed by atoms with Gasteiger partial charge >= 0.3 is 0 Å². The number of unbranched alkanes of at least 4 members (excludes halogenated alkanes) is 3. The first kappa shape index (κ1) is 10.4. The van der Waals surface area contributed by atoms with Crippen LogP contribution in [0.4, 0.5) is 0 Å². The zero-order valence-electron chi connectivity index (χ0n) is 6.65. The van der Waals surface area contributed by atoms with Crippen molar-refractivity contribution in [1.29, 1.82) is 0 Å². The number of hydrogen-bond donors (Lipinski definition) is 1. The van der Waals surface area contributed by atoms with Crippen molar-refractivity contribution in [3.8, 4) is 0 Å². The maximum atomic E-state index is 8.64. The Labute approximate surface area is 72.0 Å². The average molecular weight is 209 g/mol. The first-order valence-electron chi connectivity index (χ1n) is 4.06. The Balaban J connectivity index is 2.89. The summed E-state index contributed by atoms with van der Waals surface area (Å²) < 4.78 is 0. The topological polar surface area (TPSA) is 20.2 Å². The van der Waals surface area contributed by atoms with E-state index < -0.39 is 0 Å². The lowest BCUT2D eigenvalue weighted by atomic mass is 10.1. The Morgan fingerprint density at radius 3 is 2.50 bits per heavy atom. The quantitative estimate of drug-likeness (QED) is 0.526. The molecule has 0 saturated carbocycles. The molecule has 0 aromatic heterocycles. The molecule has 0 radical (unpaired) electrons. The maximum Gasteiger partial charge on any atom is 0.0556 e. The summed E-state index contributed by atoms with van der Waals surface area (Å²) in [5.74, 6) is 0. The summed E-state index contributed by atoms with van der Waals surface area (Å²) in [4.78, 5) is 0.323. The molecule has 0 amide bonds. The predicted molar refractivity (Wildman–Crippen MR) is 48.6 cm³/mol. The average Bonchev–Trinajstić information content (AvgIpc) is 1.98. The van der Waals surface area contributed by atoms with Crippen molar-refractivity contribution >= 4 is 15.9 Å². The first-order valence-corrected chi connectivity index (χ1v) is 4.97. The van der Waals surface area contributed by atoms with Crippen LogP contribution >= 0.6 is 15.9 Å². The highest BCUT2D eigenvalue weighted by Crippen LogP contribution is 2.10. The van der Waals surface area contributed by atoms with Gasteiger partial charge in [-0.2, -0.15) is 0 Å². The van der Waals surface area contributed by atoms with Crippen molar-refractivity contribution in [3.63, 3.8) is 0 Å². The summed E-state index contributed by atoms with van der Waals surface area (Å²) >= 11 is 3.38. The lowest BCUT2D eigenvalue weighted by Gasteiger charge is -2.03. The van der Waals surface area contributed by atoms with Gasteiger partial charge in [-0.3, -0.25) is 0 Å². The lowest BCUT2D eigenvalue weighted by molar-refractivity contribution is 0.290. The van der Waals surface area contributed by atoms with Gasteiger partial charge in [0.25, 0.3) is 0 Å². The van der Waals surface area contributed by atoms with Gasteiger partial charge in [-0.1, -0.05) is 48.5 Å². The van der Waals surface area contributed by atoms with E-state index in [0.717, 1.165) is 6.42 Å². The molecule has 2 heteroatoms. The molecule has 10 heavy (non-hydrogen) atoms. The molecule has 0 aliphatic carbocycles. The number of aliphatic hydroxyl groups is 1. The molecule has 0 aromatic rings. The Morgan fingerprint density at radius 2 is 2.00 bits per heavy atom. The number of alkyl halides is 1. The van der Waals surface area contributed by atoms with Gasteiger partial charge in [0.05, 0.1) is 6.61 Å². The summed E-state index contributed by atoms with van der Waals surface area (Å²) in [5.41, 5.74) is 0. The molecule has 0 bridgehead atoms. The van der Waals surface area contributed by atoms with E-state index >= 15 is 0 Å². The smallest absolute Gasteiger partial charge is 0.0556 e. The highest BCUT2D eigenvalue weighted by molar-refractivity contribution is 9.09. The normalized spacial score (nSPS) is 13.5. The van der Waals surface area contributed by atoms with Crippen LogP contribution in [0, 0.1) is 0 Å². The molecule has 0 heterocycles. The SMILES string of the molecule is CCCCCCC(Br)CO. The van der Waals surface area contributed by atoms with E-state index in [4.69, 9.17) is 5.11 Å². The first-order chi connectivity index (χ1) is 4.81. The molecular formula is C8H17BrO. The van der Waals surface area contributed by atoms with Gasteiger partial charge < -0.3 is 5.11 Å². The largest absolute Gasteiger partial charge is 0.395 e. The Kier molecular flexibility index (Phi) is 7.88. The fourth-order valence-corrected chi connectivity index (χ4v) is 1.21. The third kappa shape index (κ3) is 6.56. The predicted octanol–water partition coefficient (Wildman–Crippen LogP) is 2.71. The molecule has 0 fully saturated rings. The van der Waals surface area contributed by atoms with Gasteiger partial charge in [0.1, 0.15) is 0 Å². The summed E-state index contributed by atoms with van der Waals surface area (Å²) in [7, 11) is 0. The van der Waals surface area contributed by atoms with Crippen LogP contribution in [-0.4, -0.2) is 16.5 Å². The van der Waals surface area contributed by atoms with Gasteiger partial charge in [0, 0.05) is 4.83 Å². The molecule has 1 nitrogen and oxygen atoms in total. The van der Waals surface area contributed by atoms with E-state index in [1.165, 1.54) is 25.7 Å². The number of hydrogen-bond acceptors (Lipinski definition) is 1. The van der Waals surface area contributed by atoms with Crippen molar-refractivity contribution in [2.75, 3.05) is 6.61 Å². The fourth-order valence-electron chi connectivity index (χ4n) is 0.884. The fraction of sp³-hybridized carbons (Fsp3) is 1.00. The maximum absolute atomic E-state index is 8.64. The van der Waals surface area contributed by atoms with Gasteiger partial charge in [-0.05, 0) is 6.42 Å². The van der Waals surface area contributed by atoms with Crippen LogP contribution in [0.25, 0.3) is 0 Å². The summed E-state index contributed by atoms with van der Waals surface area (Å²) in [6, 6.07) is 0. The van der Waals surface area contributed by atoms with Gasteiger partial charge in [0.2, 0.25) is 0 Å². The second-order valence-corrected chi connectivity index (χ2v) is 3.92. The number of halogens is 1. The highest BCUT2D eigenvalue weighted by Gasteiger charge is 1.99. The minimum atomic E-state index is 0.270. The number of rotatable bonds is 6. The van der Waals surface area contributed by atoms with E-state index in [0.29, 0.717) is 4.83 Å². The molecule has 0 aromatic carbocycles. The van der Waals surface area contributed by atoms with E-state index in [9.17, 15) is 0 Å². The Hall–Kier alpha value is 0.440. The van der Waals surface area contributed by atoms with Crippen LogP contribution in [0.3, 0.4) is 0 Å². The number of aliphatic hydroxyl groups excluding tert-OH is 1. The van der Waals surface area contributed by atoms with Crippen molar-refractivity contribution < 1.29 is 5.11 Å². The summed E-state index contributed by atoms with van der Waals surface area (Å²) in [6.45, 7) is 2.48. The zero-order valence-corrected chi connectivity index (χ0v) is 8.23. The molecule has 0 rings (SSSR count). The molecule has 0 spiro atoms. The molecule has 0 saturated heterocycles. The minimum absolute atomic E-state index is 0.270. The minimum Gasteiger partial charge on any atom is -0.395 e. The van der Waals surface area contributed by atoms with E-state index in [1.807, 2.05) is 0 Å². The second kappa shape index (κ2) is 7.55. The van der Waals surface area contributed by atoms with Crippen molar-refractivity contribution in [2.45, 2.75) is 43.9 Å². The van der Waals surface area contributed by atoms with Gasteiger partial charge in [-0.25, -0.2) is 0 Å². The molecule has 0 aliphatic heterocycles. The molecule has 62 valence electrons. The van der Waals surface area contributed by atoms with Gasteiger partial charge in [-0.15, -0.1) is 0 Å². The van der Waals surface area contributed by atoms with Crippen LogP contribution in [0.2, 0.25) is 0 Å². The zero-order chi connectivity index (χ0) is 7.82. The van der Waals surface area contributed by atoms with Crippen molar-refractivity contribution in [1.82, 2.24) is 0 Å². The van der Waals surface area contributed by atoms with Crippen molar-refractivity contribution in [3.05, 3.63) is 0 Å². The summed E-state index contributed by atoms with van der Waals surface area (Å²) in [5, 5.41) is 8.64. The lowest BCUT2D eigenvalue weighted by Crippen LogP contribution is -2.02. The van der Waals surface area contributed by atoms with Crippen LogP contribution in [0.15, 0.2) is 0 Å². The van der Waals surface area contributed by atoms with E-state index in [2.05, 4.69) is 22.9 Å². The third-order valence-corrected chi connectivity index (χ3v) is 2.32. The highest BCUT2D eigenvalue weighted by atomic mass is 79.9. The van der Waals surface area contributed by atoms with Gasteiger partial charge in [0.15, 0.2) is 0 Å².